The molecule has 4 heterocycles. The Balaban J connectivity index is 1.68. The quantitative estimate of drug-likeness (QED) is 0.439. The summed E-state index contributed by atoms with van der Waals surface area (Å²) >= 11 is 0. The van der Waals surface area contributed by atoms with Gasteiger partial charge >= 0.3 is 11.9 Å². The number of alkyl halides is 3. The molecule has 0 bridgehead atoms. The Labute approximate surface area is 178 Å². The number of aryl methyl sites for hydroxylation is 2. The van der Waals surface area contributed by atoms with Crippen LogP contribution >= 0.6 is 0 Å². The van der Waals surface area contributed by atoms with Gasteiger partial charge in [0.25, 0.3) is 5.91 Å². The van der Waals surface area contributed by atoms with Crippen LogP contribution in [0.4, 0.5) is 24.7 Å². The van der Waals surface area contributed by atoms with Gasteiger partial charge in [-0.2, -0.15) is 23.4 Å². The monoisotopic (exact) mass is 453 g/mol. The number of nitro groups is 1. The minimum atomic E-state index is -4.50. The summed E-state index contributed by atoms with van der Waals surface area (Å²) in [5.74, 6) is -0.366. The van der Waals surface area contributed by atoms with E-state index in [1.807, 2.05) is 0 Å². The minimum absolute atomic E-state index is 0.00284. The number of carbonyl (C=O) groups is 1. The molecule has 0 aromatic carbocycles. The summed E-state index contributed by atoms with van der Waals surface area (Å²) < 4.78 is 47.3. The van der Waals surface area contributed by atoms with Gasteiger partial charge in [0, 0.05) is 18.2 Å². The van der Waals surface area contributed by atoms with Crippen molar-refractivity contribution in [2.24, 2.45) is 0 Å². The Hall–Kier alpha value is -3.71. The first kappa shape index (κ1) is 21.5. The lowest BCUT2D eigenvalue weighted by molar-refractivity contribution is -0.386. The van der Waals surface area contributed by atoms with E-state index in [9.17, 15) is 28.1 Å². The van der Waals surface area contributed by atoms with Crippen LogP contribution in [0.2, 0.25) is 0 Å². The fourth-order valence-electron chi connectivity index (χ4n) is 3.89. The lowest BCUT2D eigenvalue weighted by Crippen LogP contribution is -2.43. The first-order chi connectivity index (χ1) is 15.0. The van der Waals surface area contributed by atoms with E-state index in [1.54, 1.807) is 6.92 Å². The van der Waals surface area contributed by atoms with Gasteiger partial charge in [0.2, 0.25) is 0 Å². The molecule has 14 heteroatoms. The summed E-state index contributed by atoms with van der Waals surface area (Å²) in [7, 11) is 0. The highest BCUT2D eigenvalue weighted by Gasteiger charge is 2.46. The van der Waals surface area contributed by atoms with Crippen molar-refractivity contribution in [3.63, 3.8) is 0 Å². The van der Waals surface area contributed by atoms with Gasteiger partial charge in [-0.15, -0.1) is 0 Å². The maximum Gasteiger partial charge on any atom is 0.410 e. The average Bonchev–Trinajstić information content (AvgIpc) is 3.39. The predicted molar refractivity (Wildman–Crippen MR) is 102 cm³/mol. The average molecular weight is 453 g/mol. The zero-order valence-electron chi connectivity index (χ0n) is 17.3. The number of hydrogen-bond acceptors (Lipinski definition) is 7. The Morgan fingerprint density at radius 2 is 2.06 bits per heavy atom. The Bertz CT molecular complexity index is 1210. The maximum atomic E-state index is 13.3. The first-order valence-corrected chi connectivity index (χ1v) is 9.56. The largest absolute Gasteiger partial charge is 0.410 e. The summed E-state index contributed by atoms with van der Waals surface area (Å²) in [6, 6.07) is -0.502. The van der Waals surface area contributed by atoms with Crippen molar-refractivity contribution in [1.29, 1.82) is 0 Å². The molecule has 11 nitrogen and oxygen atoms in total. The third-order valence-electron chi connectivity index (χ3n) is 5.49. The molecule has 32 heavy (non-hydrogen) atoms. The number of anilines is 1. The molecule has 4 rings (SSSR count). The van der Waals surface area contributed by atoms with Crippen molar-refractivity contribution in [3.05, 3.63) is 50.8 Å². The molecular formula is C18H18F3N7O4. The van der Waals surface area contributed by atoms with Crippen LogP contribution in [0.25, 0.3) is 0 Å². The summed E-state index contributed by atoms with van der Waals surface area (Å²) in [5.41, 5.74) is 0.601. The number of fused-ring (bicyclic) bond motifs is 1. The van der Waals surface area contributed by atoms with Gasteiger partial charge in [-0.05, 0) is 27.2 Å². The summed E-state index contributed by atoms with van der Waals surface area (Å²) in [4.78, 5) is 25.1. The smallest absolute Gasteiger partial charge is 0.361 e. The van der Waals surface area contributed by atoms with E-state index in [0.29, 0.717) is 11.3 Å². The van der Waals surface area contributed by atoms with Crippen molar-refractivity contribution < 1.29 is 27.4 Å². The van der Waals surface area contributed by atoms with E-state index >= 15 is 0 Å². The van der Waals surface area contributed by atoms with E-state index in [-0.39, 0.29) is 48.1 Å². The molecule has 0 aliphatic carbocycles. The Kier molecular flexibility index (Phi) is 5.02. The predicted octanol–water partition coefficient (Wildman–Crippen LogP) is 3.10. The van der Waals surface area contributed by atoms with Gasteiger partial charge < -0.3 is 4.52 Å². The zero-order valence-corrected chi connectivity index (χ0v) is 17.3. The number of aromatic nitrogens is 5. The highest BCUT2D eigenvalue weighted by Crippen LogP contribution is 2.39. The van der Waals surface area contributed by atoms with Crippen molar-refractivity contribution in [1.82, 2.24) is 24.7 Å². The van der Waals surface area contributed by atoms with Crippen LogP contribution in [0.5, 0.6) is 0 Å². The van der Waals surface area contributed by atoms with Crippen LogP contribution in [-0.2, 0) is 6.54 Å². The molecule has 0 spiro atoms. The fourth-order valence-corrected chi connectivity index (χ4v) is 3.89. The third kappa shape index (κ3) is 3.40. The highest BCUT2D eigenvalue weighted by atomic mass is 19.4. The molecule has 170 valence electrons. The molecule has 0 radical (unpaired) electrons. The molecule has 3 aromatic heterocycles. The summed E-state index contributed by atoms with van der Waals surface area (Å²) in [6.45, 7) is 4.38. The standard InChI is InChI=1S/C18H18F3N7O4/c1-9-16(28(30)31)10(2)26(23-9)8-12-11(3)32-24-15(12)17(29)25-7-5-13(18(19,20)21)27-14(25)4-6-22-27/h4,6,13H,5,7-8H2,1-3H3/t13-/m1/s1. The maximum absolute atomic E-state index is 13.3. The summed E-state index contributed by atoms with van der Waals surface area (Å²) in [5, 5.41) is 23.0. The topological polar surface area (TPSA) is 125 Å². The van der Waals surface area contributed by atoms with Crippen LogP contribution in [0, 0.1) is 30.9 Å². The van der Waals surface area contributed by atoms with E-state index in [4.69, 9.17) is 4.52 Å². The van der Waals surface area contributed by atoms with Gasteiger partial charge in [-0.1, -0.05) is 5.16 Å². The van der Waals surface area contributed by atoms with Crippen molar-refractivity contribution in [3.8, 4) is 0 Å². The minimum Gasteiger partial charge on any atom is -0.361 e. The zero-order chi connectivity index (χ0) is 23.4. The van der Waals surface area contributed by atoms with E-state index in [1.165, 1.54) is 35.7 Å². The van der Waals surface area contributed by atoms with Gasteiger partial charge in [-0.3, -0.25) is 24.5 Å². The molecule has 1 atom stereocenters. The van der Waals surface area contributed by atoms with Crippen LogP contribution in [0.1, 0.15) is 45.7 Å². The molecule has 1 amide bonds. The van der Waals surface area contributed by atoms with E-state index in [0.717, 1.165) is 4.68 Å². The second-order valence-electron chi connectivity index (χ2n) is 7.44. The number of halogens is 3. The molecular weight excluding hydrogens is 435 g/mol. The van der Waals surface area contributed by atoms with Gasteiger partial charge in [-0.25, -0.2) is 4.68 Å². The van der Waals surface area contributed by atoms with Crippen molar-refractivity contribution in [2.45, 2.75) is 46.0 Å². The molecule has 0 saturated carbocycles. The SMILES string of the molecule is Cc1nn(Cc2c(C(=O)N3CC[C@H](C(F)(F)F)n4nccc43)noc2C)c(C)c1[N+](=O)[O-]. The van der Waals surface area contributed by atoms with E-state index < -0.39 is 23.0 Å². The molecule has 3 aromatic rings. The third-order valence-corrected chi connectivity index (χ3v) is 5.49. The van der Waals surface area contributed by atoms with Gasteiger partial charge in [0.1, 0.15) is 23.0 Å². The Morgan fingerprint density at radius 3 is 2.69 bits per heavy atom. The number of hydrogen-bond donors (Lipinski definition) is 0. The Morgan fingerprint density at radius 1 is 1.34 bits per heavy atom. The fraction of sp³-hybridized carbons (Fsp3) is 0.444. The molecule has 0 unspecified atom stereocenters. The number of nitrogens with zero attached hydrogens (tertiary/aromatic N) is 7. The molecule has 0 N–H and O–H groups in total. The summed E-state index contributed by atoms with van der Waals surface area (Å²) in [6.07, 6.45) is -3.67. The lowest BCUT2D eigenvalue weighted by atomic mass is 10.1. The van der Waals surface area contributed by atoms with Gasteiger partial charge in [0.15, 0.2) is 11.7 Å². The van der Waals surface area contributed by atoms with Crippen molar-refractivity contribution in [2.75, 3.05) is 11.4 Å². The van der Waals surface area contributed by atoms with Crippen LogP contribution < -0.4 is 4.90 Å². The normalized spacial score (nSPS) is 16.3. The van der Waals surface area contributed by atoms with Crippen LogP contribution in [0.15, 0.2) is 16.8 Å². The molecule has 1 aliphatic rings. The lowest BCUT2D eigenvalue weighted by Gasteiger charge is -2.33. The number of amides is 1. The number of rotatable bonds is 4. The molecule has 0 saturated heterocycles. The van der Waals surface area contributed by atoms with Crippen molar-refractivity contribution >= 4 is 17.4 Å². The van der Waals surface area contributed by atoms with E-state index in [2.05, 4.69) is 15.4 Å². The van der Waals surface area contributed by atoms with Gasteiger partial charge in [0.05, 0.1) is 17.7 Å². The first-order valence-electron chi connectivity index (χ1n) is 9.56. The number of carbonyl (C=O) groups excluding carboxylic acids is 1. The second-order valence-corrected chi connectivity index (χ2v) is 7.44. The van der Waals surface area contributed by atoms with Crippen LogP contribution in [-0.4, -0.2) is 48.3 Å². The highest BCUT2D eigenvalue weighted by molar-refractivity contribution is 6.05. The van der Waals surface area contributed by atoms with Crippen LogP contribution in [0.3, 0.4) is 0 Å². The second kappa shape index (κ2) is 7.46. The molecule has 0 fully saturated rings. The molecule has 1 aliphatic heterocycles.